The maximum Gasteiger partial charge on any atom is 0.442 e. The first kappa shape index (κ1) is 16.1. The zero-order valence-electron chi connectivity index (χ0n) is 10.7. The fourth-order valence-corrected chi connectivity index (χ4v) is 2.80. The summed E-state index contributed by atoms with van der Waals surface area (Å²) in [6, 6.07) is 7.76. The molecule has 2 rings (SSSR count). The van der Waals surface area contributed by atoms with Gasteiger partial charge in [0.15, 0.2) is 5.78 Å². The number of hydrogen-bond acceptors (Lipinski definition) is 3. The minimum absolute atomic E-state index is 0.150. The molecule has 0 spiro atoms. The molecule has 0 heterocycles. The number of carbonyl (C=O) groups is 1. The molecule has 0 aromatic heterocycles. The van der Waals surface area contributed by atoms with E-state index in [4.69, 9.17) is 4.89 Å². The van der Waals surface area contributed by atoms with Gasteiger partial charge in [0.1, 0.15) is 5.75 Å². The van der Waals surface area contributed by atoms with Crippen LogP contribution in [0.3, 0.4) is 0 Å². The summed E-state index contributed by atoms with van der Waals surface area (Å²) in [5, 5.41) is 1.26. The molecule has 1 atom stereocenters. The van der Waals surface area contributed by atoms with Crippen molar-refractivity contribution in [1.82, 2.24) is 0 Å². The Hall–Kier alpha value is -1.30. The third-order valence-corrected chi connectivity index (χ3v) is 4.34. The van der Waals surface area contributed by atoms with Crippen LogP contribution in [0.15, 0.2) is 34.8 Å². The third-order valence-electron chi connectivity index (χ3n) is 2.77. The minimum atomic E-state index is -5.05. The van der Waals surface area contributed by atoms with E-state index in [1.54, 1.807) is 24.3 Å². The van der Waals surface area contributed by atoms with Crippen molar-refractivity contribution >= 4 is 40.1 Å². The standard InChI is InChI=1S/C13H10BrF2O4P/c1-7(17)8-2-3-9-5-11(14)12(6-10(9)4-8)20-21(18,19)13(15)16/h2-6,13H,1H3,(H,18,19). The zero-order chi connectivity index (χ0) is 15.8. The molecular formula is C13H10BrF2O4P. The van der Waals surface area contributed by atoms with Crippen molar-refractivity contribution < 1.29 is 27.6 Å². The van der Waals surface area contributed by atoms with Crippen LogP contribution in [-0.2, 0) is 4.57 Å². The Balaban J connectivity index is 2.52. The molecule has 0 aliphatic heterocycles. The van der Waals surface area contributed by atoms with Gasteiger partial charge in [-0.15, -0.1) is 0 Å². The Morgan fingerprint density at radius 2 is 1.95 bits per heavy atom. The molecule has 0 bridgehead atoms. The number of benzene rings is 2. The van der Waals surface area contributed by atoms with Crippen molar-refractivity contribution in [3.05, 3.63) is 40.4 Å². The maximum atomic E-state index is 12.4. The van der Waals surface area contributed by atoms with E-state index in [2.05, 4.69) is 20.5 Å². The largest absolute Gasteiger partial charge is 0.442 e. The van der Waals surface area contributed by atoms with Gasteiger partial charge in [-0.05, 0) is 51.8 Å². The Kier molecular flexibility index (Phi) is 4.46. The van der Waals surface area contributed by atoms with Gasteiger partial charge in [-0.2, -0.15) is 8.78 Å². The second-order valence-corrected chi connectivity index (χ2v) is 6.89. The number of rotatable bonds is 4. The summed E-state index contributed by atoms with van der Waals surface area (Å²) in [7, 11) is -5.05. The lowest BCUT2D eigenvalue weighted by atomic mass is 10.0. The number of hydrogen-bond donors (Lipinski definition) is 1. The van der Waals surface area contributed by atoms with Gasteiger partial charge in [-0.1, -0.05) is 12.1 Å². The van der Waals surface area contributed by atoms with Crippen LogP contribution >= 0.6 is 23.5 Å². The maximum absolute atomic E-state index is 12.4. The molecule has 0 radical (unpaired) electrons. The first-order valence-corrected chi connectivity index (χ1v) is 8.19. The molecule has 0 aliphatic rings. The highest BCUT2D eigenvalue weighted by Gasteiger charge is 2.34. The van der Waals surface area contributed by atoms with Gasteiger partial charge in [0.2, 0.25) is 0 Å². The lowest BCUT2D eigenvalue weighted by Crippen LogP contribution is -2.01. The van der Waals surface area contributed by atoms with Gasteiger partial charge >= 0.3 is 13.8 Å². The molecule has 4 nitrogen and oxygen atoms in total. The van der Waals surface area contributed by atoms with E-state index >= 15 is 0 Å². The molecule has 1 unspecified atom stereocenters. The molecule has 8 heteroatoms. The lowest BCUT2D eigenvalue weighted by Gasteiger charge is -2.14. The molecule has 112 valence electrons. The van der Waals surface area contributed by atoms with E-state index < -0.39 is 13.8 Å². The topological polar surface area (TPSA) is 63.6 Å². The molecule has 2 aromatic carbocycles. The van der Waals surface area contributed by atoms with Crippen LogP contribution in [0.1, 0.15) is 17.3 Å². The first-order valence-electron chi connectivity index (χ1n) is 5.75. The van der Waals surface area contributed by atoms with Gasteiger partial charge in [-0.3, -0.25) is 4.79 Å². The summed E-state index contributed by atoms with van der Waals surface area (Å²) in [5.41, 5.74) is 0.441. The van der Waals surface area contributed by atoms with E-state index in [9.17, 15) is 18.1 Å². The quantitative estimate of drug-likeness (QED) is 0.624. The highest BCUT2D eigenvalue weighted by Crippen LogP contribution is 2.50. The van der Waals surface area contributed by atoms with Gasteiger partial charge < -0.3 is 9.42 Å². The first-order chi connectivity index (χ1) is 9.70. The predicted octanol–water partition coefficient (Wildman–Crippen LogP) is 4.59. The van der Waals surface area contributed by atoms with Crippen molar-refractivity contribution in [3.8, 4) is 5.75 Å². The summed E-state index contributed by atoms with van der Waals surface area (Å²) in [6.45, 7) is 1.40. The van der Waals surface area contributed by atoms with Crippen LogP contribution in [0.2, 0.25) is 0 Å². The molecule has 1 N–H and O–H groups in total. The van der Waals surface area contributed by atoms with Crippen LogP contribution in [0.4, 0.5) is 8.78 Å². The summed E-state index contributed by atoms with van der Waals surface area (Å²) < 4.78 is 40.9. The van der Waals surface area contributed by atoms with Crippen LogP contribution in [0, 0.1) is 0 Å². The zero-order valence-corrected chi connectivity index (χ0v) is 13.2. The van der Waals surface area contributed by atoms with E-state index in [-0.39, 0.29) is 16.0 Å². The summed E-state index contributed by atoms with van der Waals surface area (Å²) in [6.07, 6.45) is -3.50. The van der Waals surface area contributed by atoms with Crippen molar-refractivity contribution in [1.29, 1.82) is 0 Å². The van der Waals surface area contributed by atoms with E-state index in [1.165, 1.54) is 13.0 Å². The molecule has 0 saturated heterocycles. The van der Waals surface area contributed by atoms with Gasteiger partial charge in [-0.25, -0.2) is 4.57 Å². The molecule has 0 amide bonds. The van der Waals surface area contributed by atoms with E-state index in [0.717, 1.165) is 5.39 Å². The second-order valence-electron chi connectivity index (χ2n) is 4.33. The number of halogens is 3. The Labute approximate surface area is 127 Å². The summed E-state index contributed by atoms with van der Waals surface area (Å²) in [5.74, 6) is -0.336. The third kappa shape index (κ3) is 3.48. The number of Topliss-reactive ketones (excluding diaryl/α,β-unsaturated/α-hetero) is 1. The highest BCUT2D eigenvalue weighted by molar-refractivity contribution is 9.10. The van der Waals surface area contributed by atoms with Crippen LogP contribution in [0.5, 0.6) is 5.75 Å². The fraction of sp³-hybridized carbons (Fsp3) is 0.154. The average Bonchev–Trinajstić information content (AvgIpc) is 2.38. The van der Waals surface area contributed by atoms with Crippen LogP contribution < -0.4 is 4.52 Å². The van der Waals surface area contributed by atoms with Crippen molar-refractivity contribution in [2.45, 2.75) is 13.1 Å². The smallest absolute Gasteiger partial charge is 0.420 e. The minimum Gasteiger partial charge on any atom is -0.420 e. The molecule has 2 aromatic rings. The van der Waals surface area contributed by atoms with Crippen LogP contribution in [0.25, 0.3) is 10.8 Å². The predicted molar refractivity (Wildman–Crippen MR) is 78.1 cm³/mol. The average molecular weight is 379 g/mol. The number of ketones is 1. The number of fused-ring (bicyclic) bond motifs is 1. The highest BCUT2D eigenvalue weighted by atomic mass is 79.9. The van der Waals surface area contributed by atoms with Crippen molar-refractivity contribution in [3.63, 3.8) is 0 Å². The second kappa shape index (κ2) is 5.83. The van der Waals surface area contributed by atoms with Crippen LogP contribution in [-0.4, -0.2) is 16.8 Å². The number of alkyl halides is 2. The normalized spacial score (nSPS) is 14.2. The molecule has 0 saturated carbocycles. The SMILES string of the molecule is CC(=O)c1ccc2cc(Br)c(OP(=O)(O)C(F)F)cc2c1. The molecule has 21 heavy (non-hydrogen) atoms. The van der Waals surface area contributed by atoms with Gasteiger partial charge in [0.25, 0.3) is 0 Å². The number of carbonyl (C=O) groups excluding carboxylic acids is 1. The summed E-state index contributed by atoms with van der Waals surface area (Å²) >= 11 is 3.10. The monoisotopic (exact) mass is 378 g/mol. The Morgan fingerprint density at radius 3 is 2.52 bits per heavy atom. The Morgan fingerprint density at radius 1 is 1.29 bits per heavy atom. The van der Waals surface area contributed by atoms with Crippen molar-refractivity contribution in [2.24, 2.45) is 0 Å². The lowest BCUT2D eigenvalue weighted by molar-refractivity contribution is 0.101. The fourth-order valence-electron chi connectivity index (χ4n) is 1.72. The van der Waals surface area contributed by atoms with Crippen molar-refractivity contribution in [2.75, 3.05) is 0 Å². The summed E-state index contributed by atoms with van der Waals surface area (Å²) in [4.78, 5) is 20.4. The molecule has 0 aliphatic carbocycles. The molecular weight excluding hydrogens is 369 g/mol. The van der Waals surface area contributed by atoms with E-state index in [1.807, 2.05) is 0 Å². The van der Waals surface area contributed by atoms with Gasteiger partial charge in [0.05, 0.1) is 4.47 Å². The van der Waals surface area contributed by atoms with E-state index in [0.29, 0.717) is 10.9 Å². The Bertz CT molecular complexity index is 763. The van der Waals surface area contributed by atoms with Gasteiger partial charge in [0, 0.05) is 5.56 Å². The molecule has 0 fully saturated rings.